The Bertz CT molecular complexity index is 2080. The van der Waals surface area contributed by atoms with Gasteiger partial charge >= 0.3 is 11.9 Å². The van der Waals surface area contributed by atoms with Gasteiger partial charge in [0, 0.05) is 25.7 Å². The molecule has 8 rings (SSSR count). The third-order valence-corrected chi connectivity index (χ3v) is 16.8. The molecule has 3 saturated carbocycles. The smallest absolute Gasteiger partial charge is 0.327 e. The van der Waals surface area contributed by atoms with E-state index in [0.29, 0.717) is 36.2 Å². The molecule has 2 bridgehead atoms. The molecule has 15 nitrogen and oxygen atoms in total. The summed E-state index contributed by atoms with van der Waals surface area (Å²) >= 11 is 0. The molecule has 13 atom stereocenters. The largest absolute Gasteiger partial charge is 0.460 e. The number of ether oxygens (including phenoxy) is 5. The molecule has 1 aromatic rings. The minimum atomic E-state index is -1.61. The molecule has 3 unspecified atom stereocenters. The van der Waals surface area contributed by atoms with Gasteiger partial charge < -0.3 is 44.5 Å². The van der Waals surface area contributed by atoms with Crippen molar-refractivity contribution < 1.29 is 57.9 Å². The molecule has 0 aromatic heterocycles. The summed E-state index contributed by atoms with van der Waals surface area (Å²) < 4.78 is 31.9. The van der Waals surface area contributed by atoms with E-state index in [1.54, 1.807) is 25.8 Å². The highest BCUT2D eigenvalue weighted by atomic mass is 16.8. The number of esters is 2. The molecule has 1 aromatic carbocycles. The van der Waals surface area contributed by atoms with E-state index in [1.165, 1.54) is 25.3 Å². The molecule has 4 aliphatic heterocycles. The number of carbonyl (C=O) groups is 4. The first-order valence-electron chi connectivity index (χ1n) is 26.7. The van der Waals surface area contributed by atoms with Crippen LogP contribution < -0.4 is 10.6 Å². The van der Waals surface area contributed by atoms with Crippen LogP contribution in [0.15, 0.2) is 29.8 Å². The molecule has 4 N–H and O–H groups in total. The molecule has 0 radical (unpaired) electrons. The molecule has 7 aliphatic rings. The molecule has 2 amide bonds. The van der Waals surface area contributed by atoms with Gasteiger partial charge in [0.1, 0.15) is 41.5 Å². The third kappa shape index (κ3) is 10.9. The minimum Gasteiger partial charge on any atom is -0.460 e. The fraction of sp³-hybridized carbons (Fsp3) is 0.782. The van der Waals surface area contributed by atoms with Crippen molar-refractivity contribution >= 4 is 29.8 Å². The molecule has 15 heteroatoms. The van der Waals surface area contributed by atoms with Crippen LogP contribution in [0.1, 0.15) is 176 Å². The molecule has 4 heterocycles. The summed E-state index contributed by atoms with van der Waals surface area (Å²) in [5.41, 5.74) is 1.46. The SMILES string of the molecule is CCCCCC1(CCCCC)O[C@@H]2[C@H]3ON(Cc4ccc(C=C5CCC6O[C@]6(C)CC[C@@H]6[C@@H]5CC6(C)C)cc4)[C@H]4C(=O)OC(CC34C(=O)N[C@@H](C(=O)N[C@H](CO)CCC(=O)OC(C)(C)C)[C@H](C)O)[C@@H]2O1. The van der Waals surface area contributed by atoms with Crippen molar-refractivity contribution in [2.75, 3.05) is 6.61 Å². The number of fused-ring (bicyclic) bond motifs is 6. The first-order valence-corrected chi connectivity index (χ1v) is 26.7. The zero-order chi connectivity index (χ0) is 50.4. The van der Waals surface area contributed by atoms with Crippen molar-refractivity contribution in [2.24, 2.45) is 22.7 Å². The number of aliphatic hydroxyl groups excluding tert-OH is 2. The van der Waals surface area contributed by atoms with Crippen LogP contribution in [0, 0.1) is 22.7 Å². The lowest BCUT2D eigenvalue weighted by Crippen LogP contribution is -2.71. The van der Waals surface area contributed by atoms with E-state index in [9.17, 15) is 24.6 Å². The molecule has 7 fully saturated rings. The number of hydrogen-bond acceptors (Lipinski definition) is 13. The maximum absolute atomic E-state index is 15.3. The predicted molar refractivity (Wildman–Crippen MR) is 261 cm³/mol. The normalized spacial score (nSPS) is 34.5. The van der Waals surface area contributed by atoms with Gasteiger partial charge in [0.25, 0.3) is 0 Å². The van der Waals surface area contributed by atoms with Crippen molar-refractivity contribution in [2.45, 2.75) is 243 Å². The molecule has 4 saturated heterocycles. The van der Waals surface area contributed by atoms with Crippen molar-refractivity contribution in [3.8, 4) is 0 Å². The maximum Gasteiger partial charge on any atom is 0.327 e. The van der Waals surface area contributed by atoms with Crippen LogP contribution in [-0.4, -0.2) is 117 Å². The minimum absolute atomic E-state index is 0.0146. The third-order valence-electron chi connectivity index (χ3n) is 16.8. The Morgan fingerprint density at radius 2 is 1.63 bits per heavy atom. The number of hydrogen-bond donors (Lipinski definition) is 4. The standard InChI is InChI=1S/C55H83N3O12/c1-10-12-14-25-54(26-15-13-11-2)68-44-40-30-55(50(64)57-43(33(3)60)48(62)56-37(32-59)21-23-42(61)67-51(4,5)6)46(49(63)65-40)58(70-47(55)45(44)69-54)31-35-18-16-34(17-19-35)28-36-20-22-41-53(9,66-41)27-24-39-38(36)29-52(39,7)8/h16-19,28,33,37-41,43-47,59-60H,10-15,20-27,29-32H2,1-9H3,(H,56,62)(H,57,64)/t33-,37-,38+,39+,40?,41?,43+,44-,45-,46-,47+,53+,55?/m0/s1. The van der Waals surface area contributed by atoms with Gasteiger partial charge in [-0.05, 0) is 114 Å². The topological polar surface area (TPSA) is 195 Å². The van der Waals surface area contributed by atoms with Crippen molar-refractivity contribution in [3.05, 3.63) is 41.0 Å². The van der Waals surface area contributed by atoms with Gasteiger partial charge in [-0.1, -0.05) is 89.3 Å². The molecule has 70 heavy (non-hydrogen) atoms. The van der Waals surface area contributed by atoms with Crippen LogP contribution in [0.4, 0.5) is 0 Å². The van der Waals surface area contributed by atoms with E-state index in [0.717, 1.165) is 68.9 Å². The Balaban J connectivity index is 1.06. The number of nitrogens with one attached hydrogen (secondary N) is 2. The van der Waals surface area contributed by atoms with E-state index in [-0.39, 0.29) is 31.4 Å². The molecular weight excluding hydrogens is 895 g/mol. The number of allylic oxidation sites excluding steroid dienone is 1. The zero-order valence-electron chi connectivity index (χ0n) is 43.4. The van der Waals surface area contributed by atoms with Gasteiger partial charge in [-0.15, -0.1) is 0 Å². The summed E-state index contributed by atoms with van der Waals surface area (Å²) in [6.45, 7) is 17.7. The second-order valence-electron chi connectivity index (χ2n) is 23.8. The summed E-state index contributed by atoms with van der Waals surface area (Å²) in [4.78, 5) is 63.3. The Labute approximate surface area is 415 Å². The van der Waals surface area contributed by atoms with Crippen LogP contribution in [0.3, 0.4) is 0 Å². The van der Waals surface area contributed by atoms with Gasteiger partial charge in [-0.2, -0.15) is 5.06 Å². The van der Waals surface area contributed by atoms with Gasteiger partial charge in [0.2, 0.25) is 11.8 Å². The molecule has 0 spiro atoms. The van der Waals surface area contributed by atoms with Crippen LogP contribution in [0.5, 0.6) is 0 Å². The summed E-state index contributed by atoms with van der Waals surface area (Å²) in [5.74, 6) is -2.33. The highest BCUT2D eigenvalue weighted by Crippen LogP contribution is 2.61. The Morgan fingerprint density at radius 3 is 2.26 bits per heavy atom. The number of rotatable bonds is 20. The molecule has 3 aliphatic carbocycles. The number of carbonyl (C=O) groups excluding carboxylic acids is 4. The summed E-state index contributed by atoms with van der Waals surface area (Å²) in [6.07, 6.45) is 10.5. The Kier molecular flexibility index (Phi) is 15.7. The Hall–Kier alpha value is -3.44. The first kappa shape index (κ1) is 52.9. The lowest BCUT2D eigenvalue weighted by molar-refractivity contribution is -0.224. The highest BCUT2D eigenvalue weighted by molar-refractivity contribution is 5.96. The van der Waals surface area contributed by atoms with Crippen LogP contribution in [0.2, 0.25) is 0 Å². The van der Waals surface area contributed by atoms with Crippen LogP contribution in [-0.2, 0) is 54.2 Å². The van der Waals surface area contributed by atoms with Crippen LogP contribution >= 0.6 is 0 Å². The summed E-state index contributed by atoms with van der Waals surface area (Å²) in [7, 11) is 0. The second-order valence-corrected chi connectivity index (χ2v) is 23.8. The monoisotopic (exact) mass is 978 g/mol. The number of benzene rings is 1. The predicted octanol–water partition coefficient (Wildman–Crippen LogP) is 7.37. The number of epoxide rings is 1. The quantitative estimate of drug-likeness (QED) is 0.0576. The van der Waals surface area contributed by atoms with E-state index in [2.05, 4.69) is 63.5 Å². The van der Waals surface area contributed by atoms with Gasteiger partial charge in [-0.3, -0.25) is 24.0 Å². The lowest BCUT2D eigenvalue weighted by Gasteiger charge is -2.53. The molecular formula is C55H83N3O12. The van der Waals surface area contributed by atoms with E-state index < -0.39 is 95.8 Å². The Morgan fingerprint density at radius 1 is 0.943 bits per heavy atom. The van der Waals surface area contributed by atoms with Gasteiger partial charge in [0.05, 0.1) is 37.0 Å². The first-order chi connectivity index (χ1) is 33.1. The number of amides is 2. The van der Waals surface area contributed by atoms with Crippen molar-refractivity contribution in [3.63, 3.8) is 0 Å². The van der Waals surface area contributed by atoms with Crippen LogP contribution in [0.25, 0.3) is 6.08 Å². The number of unbranched alkanes of at least 4 members (excludes halogenated alkanes) is 4. The average Bonchev–Trinajstić information content (AvgIpc) is 3.57. The van der Waals surface area contributed by atoms with Gasteiger partial charge in [0.15, 0.2) is 11.8 Å². The molecule has 390 valence electrons. The maximum atomic E-state index is 15.3. The average molecular weight is 978 g/mol. The zero-order valence-corrected chi connectivity index (χ0v) is 43.4. The number of aliphatic hydroxyl groups is 2. The van der Waals surface area contributed by atoms with Crippen molar-refractivity contribution in [1.29, 1.82) is 0 Å². The number of nitrogens with zero attached hydrogens (tertiary/aromatic N) is 1. The van der Waals surface area contributed by atoms with E-state index in [1.807, 2.05) is 12.1 Å². The van der Waals surface area contributed by atoms with Crippen molar-refractivity contribution in [1.82, 2.24) is 15.7 Å². The lowest BCUT2D eigenvalue weighted by atomic mass is 9.52. The van der Waals surface area contributed by atoms with Gasteiger partial charge in [-0.25, -0.2) is 0 Å². The fourth-order valence-electron chi connectivity index (χ4n) is 12.9. The summed E-state index contributed by atoms with van der Waals surface area (Å²) in [6, 6.07) is 4.71. The second kappa shape index (κ2) is 20.8. The van der Waals surface area contributed by atoms with E-state index in [4.69, 9.17) is 28.5 Å². The highest BCUT2D eigenvalue weighted by Gasteiger charge is 2.76. The summed E-state index contributed by atoms with van der Waals surface area (Å²) in [5, 5.41) is 28.4. The fourth-order valence-corrected chi connectivity index (χ4v) is 12.9. The van der Waals surface area contributed by atoms with E-state index >= 15 is 4.79 Å². The number of hydroxylamine groups is 2.